The molecule has 0 aliphatic carbocycles. The minimum Gasteiger partial charge on any atom is -0.429 e. The Morgan fingerprint density at radius 2 is 1.45 bits per heavy atom. The molecule has 0 spiro atoms. The van der Waals surface area contributed by atoms with E-state index in [9.17, 15) is 26.3 Å². The van der Waals surface area contributed by atoms with Crippen molar-refractivity contribution in [3.8, 4) is 5.75 Å². The molecule has 0 radical (unpaired) electrons. The van der Waals surface area contributed by atoms with Gasteiger partial charge in [-0.15, -0.1) is 0 Å². The summed E-state index contributed by atoms with van der Waals surface area (Å²) in [5.41, 5.74) is -2.33. The Morgan fingerprint density at radius 1 is 0.871 bits per heavy atom. The molecule has 168 valence electrons. The van der Waals surface area contributed by atoms with Gasteiger partial charge in [0.1, 0.15) is 22.9 Å². The number of rotatable bonds is 6. The average Bonchev–Trinajstić information content (AvgIpc) is 2.71. The van der Waals surface area contributed by atoms with Gasteiger partial charge < -0.3 is 18.9 Å². The molecule has 5 rings (SSSR count). The smallest absolute Gasteiger partial charge is 0.429 e. The minimum absolute atomic E-state index is 0.223. The van der Waals surface area contributed by atoms with Gasteiger partial charge in [-0.3, -0.25) is 0 Å². The van der Waals surface area contributed by atoms with Crippen LogP contribution >= 0.6 is 0 Å². The number of alkyl halides is 2. The van der Waals surface area contributed by atoms with Gasteiger partial charge in [-0.1, -0.05) is 13.3 Å². The number of hydrogen-bond donors (Lipinski definition) is 0. The Hall–Kier alpha value is -2.30. The molecule has 3 heterocycles. The van der Waals surface area contributed by atoms with E-state index in [4.69, 9.17) is 14.2 Å². The van der Waals surface area contributed by atoms with E-state index in [1.54, 1.807) is 0 Å². The first-order valence-electron chi connectivity index (χ1n) is 9.53. The number of fused-ring (bicyclic) bond motifs is 3. The van der Waals surface area contributed by atoms with Crippen LogP contribution in [0.5, 0.6) is 5.75 Å². The van der Waals surface area contributed by atoms with Crippen molar-refractivity contribution in [3.63, 3.8) is 0 Å². The van der Waals surface area contributed by atoms with E-state index < -0.39 is 46.7 Å². The van der Waals surface area contributed by atoms with Crippen LogP contribution in [0.25, 0.3) is 0 Å². The molecular weight excluding hydrogens is 430 g/mol. The zero-order valence-corrected chi connectivity index (χ0v) is 16.3. The summed E-state index contributed by atoms with van der Waals surface area (Å²) in [4.78, 5) is 0. The molecule has 2 aromatic rings. The maximum absolute atomic E-state index is 14.6. The molecule has 0 atom stereocenters. The van der Waals surface area contributed by atoms with Crippen LogP contribution in [0.4, 0.5) is 26.3 Å². The third-order valence-corrected chi connectivity index (χ3v) is 5.31. The van der Waals surface area contributed by atoms with Crippen LogP contribution in [0.15, 0.2) is 30.3 Å². The highest BCUT2D eigenvalue weighted by atomic mass is 19.3. The van der Waals surface area contributed by atoms with Crippen molar-refractivity contribution in [2.24, 2.45) is 5.41 Å². The van der Waals surface area contributed by atoms with Gasteiger partial charge in [-0.05, 0) is 30.7 Å². The lowest BCUT2D eigenvalue weighted by atomic mass is 9.83. The van der Waals surface area contributed by atoms with E-state index in [2.05, 4.69) is 4.74 Å². The molecule has 0 saturated carbocycles. The third kappa shape index (κ3) is 3.88. The first-order valence-corrected chi connectivity index (χ1v) is 9.53. The van der Waals surface area contributed by atoms with E-state index in [-0.39, 0.29) is 30.8 Å². The number of ether oxygens (including phenoxy) is 4. The van der Waals surface area contributed by atoms with Crippen LogP contribution in [0.3, 0.4) is 0 Å². The van der Waals surface area contributed by atoms with Gasteiger partial charge in [0.15, 0.2) is 11.6 Å². The summed E-state index contributed by atoms with van der Waals surface area (Å²) in [6.07, 6.45) is -2.90. The SMILES string of the molecule is CCCC12COC(c3cc(F)c(C(F)(F)Oc4ccc(F)c(F)c4)c(F)c3)(OC1)OC2. The minimum atomic E-state index is -4.52. The van der Waals surface area contributed by atoms with Gasteiger partial charge in [-0.25, -0.2) is 17.6 Å². The van der Waals surface area contributed by atoms with Crippen LogP contribution in [0, 0.1) is 28.7 Å². The third-order valence-electron chi connectivity index (χ3n) is 5.31. The predicted molar refractivity (Wildman–Crippen MR) is 94.1 cm³/mol. The van der Waals surface area contributed by atoms with Crippen LogP contribution in [-0.2, 0) is 26.3 Å². The normalized spacial score (nSPS) is 25.6. The molecule has 0 unspecified atom stereocenters. The van der Waals surface area contributed by atoms with Crippen molar-refractivity contribution in [2.75, 3.05) is 19.8 Å². The molecule has 3 fully saturated rings. The van der Waals surface area contributed by atoms with Gasteiger partial charge in [-0.2, -0.15) is 8.78 Å². The maximum Gasteiger partial charge on any atom is 0.432 e. The molecule has 2 bridgehead atoms. The summed E-state index contributed by atoms with van der Waals surface area (Å²) in [6.45, 7) is 2.65. The Labute approximate surface area is 173 Å². The summed E-state index contributed by atoms with van der Waals surface area (Å²) in [7, 11) is 0. The molecule has 3 aliphatic heterocycles. The quantitative estimate of drug-likeness (QED) is 0.559. The summed E-state index contributed by atoms with van der Waals surface area (Å²) in [5.74, 6) is -8.76. The van der Waals surface area contributed by atoms with Crippen molar-refractivity contribution in [1.82, 2.24) is 0 Å². The van der Waals surface area contributed by atoms with Gasteiger partial charge >= 0.3 is 12.1 Å². The monoisotopic (exact) mass is 448 g/mol. The van der Waals surface area contributed by atoms with Gasteiger partial charge in [0.05, 0.1) is 19.8 Å². The molecular formula is C21H18F6O4. The molecule has 2 aromatic carbocycles. The van der Waals surface area contributed by atoms with Crippen molar-refractivity contribution in [1.29, 1.82) is 0 Å². The highest BCUT2D eigenvalue weighted by Gasteiger charge is 2.54. The van der Waals surface area contributed by atoms with E-state index >= 15 is 0 Å². The second-order valence-electron chi connectivity index (χ2n) is 7.68. The van der Waals surface area contributed by atoms with Crippen molar-refractivity contribution in [2.45, 2.75) is 31.8 Å². The molecule has 3 aliphatic rings. The standard InChI is InChI=1S/C21H18F6O4/c1-2-5-19-9-28-21(29-10-19,30-11-19)12-6-16(24)18(17(25)7-12)20(26,27)31-13-3-4-14(22)15(23)8-13/h3-4,6-8H,2,5,9-11H2,1H3. The van der Waals surface area contributed by atoms with E-state index in [0.717, 1.165) is 12.8 Å². The van der Waals surface area contributed by atoms with Crippen LogP contribution in [-0.4, -0.2) is 19.8 Å². The Morgan fingerprint density at radius 3 is 1.97 bits per heavy atom. The van der Waals surface area contributed by atoms with Crippen LogP contribution in [0.1, 0.15) is 30.9 Å². The molecule has 0 amide bonds. The largest absolute Gasteiger partial charge is 0.432 e. The molecule has 3 saturated heterocycles. The Kier molecular flexibility index (Phi) is 5.43. The molecule has 0 aromatic heterocycles. The average molecular weight is 448 g/mol. The van der Waals surface area contributed by atoms with Gasteiger partial charge in [0.25, 0.3) is 0 Å². The van der Waals surface area contributed by atoms with Crippen LogP contribution < -0.4 is 4.74 Å². The van der Waals surface area contributed by atoms with E-state index in [1.807, 2.05) is 6.92 Å². The maximum atomic E-state index is 14.6. The van der Waals surface area contributed by atoms with E-state index in [0.29, 0.717) is 30.3 Å². The van der Waals surface area contributed by atoms with Crippen LogP contribution in [0.2, 0.25) is 0 Å². The summed E-state index contributed by atoms with van der Waals surface area (Å²) in [5, 5.41) is 0. The Bertz CT molecular complexity index is 948. The van der Waals surface area contributed by atoms with Crippen molar-refractivity contribution in [3.05, 3.63) is 64.7 Å². The molecule has 31 heavy (non-hydrogen) atoms. The zero-order valence-electron chi connectivity index (χ0n) is 16.3. The lowest BCUT2D eigenvalue weighted by Gasteiger charge is -2.51. The fourth-order valence-corrected chi connectivity index (χ4v) is 3.76. The lowest BCUT2D eigenvalue weighted by Crippen LogP contribution is -2.58. The number of halogens is 6. The second kappa shape index (κ2) is 7.68. The number of benzene rings is 2. The first-order chi connectivity index (χ1) is 14.6. The highest BCUT2D eigenvalue weighted by molar-refractivity contribution is 5.32. The zero-order chi connectivity index (χ0) is 22.4. The Balaban J connectivity index is 1.61. The van der Waals surface area contributed by atoms with Gasteiger partial charge in [0.2, 0.25) is 0 Å². The second-order valence-corrected chi connectivity index (χ2v) is 7.68. The highest BCUT2D eigenvalue weighted by Crippen LogP contribution is 2.47. The van der Waals surface area contributed by atoms with Crippen molar-refractivity contribution < 1.29 is 45.3 Å². The summed E-state index contributed by atoms with van der Waals surface area (Å²) >= 11 is 0. The van der Waals surface area contributed by atoms with Crippen molar-refractivity contribution >= 4 is 0 Å². The topological polar surface area (TPSA) is 36.9 Å². The molecule has 4 nitrogen and oxygen atoms in total. The summed E-state index contributed by atoms with van der Waals surface area (Å²) < 4.78 is 105. The number of hydrogen-bond acceptors (Lipinski definition) is 4. The first kappa shape index (κ1) is 21.9. The fourth-order valence-electron chi connectivity index (χ4n) is 3.76. The fraction of sp³-hybridized carbons (Fsp3) is 0.429. The van der Waals surface area contributed by atoms with Gasteiger partial charge in [0, 0.05) is 17.0 Å². The molecule has 10 heteroatoms. The summed E-state index contributed by atoms with van der Waals surface area (Å²) in [6, 6.07) is 2.82. The molecule has 0 N–H and O–H groups in total. The predicted octanol–water partition coefficient (Wildman–Crippen LogP) is 5.35. The lowest BCUT2D eigenvalue weighted by molar-refractivity contribution is -0.480. The van der Waals surface area contributed by atoms with E-state index in [1.165, 1.54) is 0 Å².